The predicted molar refractivity (Wildman–Crippen MR) is 258 cm³/mol. The number of amides is 4. The number of rotatable bonds is 21. The van der Waals surface area contributed by atoms with Gasteiger partial charge >= 0.3 is 0 Å². The zero-order chi connectivity index (χ0) is 49.4. The number of carbonyl (C=O) groups is 4. The zero-order valence-electron chi connectivity index (χ0n) is 40.9. The average molecular weight is 958 g/mol. The number of nitrogens with zero attached hydrogens (tertiary/aromatic N) is 2. The van der Waals surface area contributed by atoms with Gasteiger partial charge in [0.2, 0.25) is 17.7 Å². The Balaban J connectivity index is 0.885. The molecule has 0 spiro atoms. The van der Waals surface area contributed by atoms with E-state index >= 15 is 0 Å². The van der Waals surface area contributed by atoms with Crippen molar-refractivity contribution in [3.63, 3.8) is 0 Å². The Bertz CT molecular complexity index is 2280. The third-order valence-corrected chi connectivity index (χ3v) is 13.8. The second kappa shape index (κ2) is 22.5. The quantitative estimate of drug-likeness (QED) is 0.0895. The number of ether oxygens (including phenoxy) is 5. The van der Waals surface area contributed by atoms with Crippen molar-refractivity contribution in [2.75, 3.05) is 53.2 Å². The molecule has 4 N–H and O–H groups in total. The van der Waals surface area contributed by atoms with Gasteiger partial charge in [-0.05, 0) is 79.8 Å². The number of likely N-dealkylation sites (N-methyl/N-ethyl adjacent to an activating group) is 1. The van der Waals surface area contributed by atoms with Gasteiger partial charge in [0.1, 0.15) is 42.4 Å². The largest absolute Gasteiger partial charge is 0.491 e. The molecule has 0 aromatic heterocycles. The summed E-state index contributed by atoms with van der Waals surface area (Å²) in [5.74, 6) is 0.232. The summed E-state index contributed by atoms with van der Waals surface area (Å²) >= 11 is 6.24. The maximum absolute atomic E-state index is 14.0. The van der Waals surface area contributed by atoms with Crippen LogP contribution in [0.25, 0.3) is 0 Å². The van der Waals surface area contributed by atoms with Crippen LogP contribution >= 0.6 is 11.6 Å². The fourth-order valence-electron chi connectivity index (χ4n) is 9.96. The number of nitriles is 1. The number of likely N-dealkylation sites (tertiary alicyclic amines) is 1. The first kappa shape index (κ1) is 52.1. The van der Waals surface area contributed by atoms with Crippen molar-refractivity contribution in [3.8, 4) is 17.6 Å². The summed E-state index contributed by atoms with van der Waals surface area (Å²) in [6, 6.07) is 19.6. The minimum absolute atomic E-state index is 0.166. The first-order valence-corrected chi connectivity index (χ1v) is 24.0. The zero-order valence-corrected chi connectivity index (χ0v) is 41.7. The van der Waals surface area contributed by atoms with Crippen LogP contribution in [-0.4, -0.2) is 118 Å². The molecule has 3 aliphatic rings. The van der Waals surface area contributed by atoms with Crippen molar-refractivity contribution >= 4 is 35.2 Å². The van der Waals surface area contributed by atoms with Crippen LogP contribution in [0.1, 0.15) is 101 Å². The molecule has 5 atom stereocenters. The molecule has 3 aromatic carbocycles. The molecule has 68 heavy (non-hydrogen) atoms. The lowest BCUT2D eigenvalue weighted by Crippen LogP contribution is -2.74. The second-order valence-corrected chi connectivity index (χ2v) is 20.6. The average Bonchev–Trinajstić information content (AvgIpc) is 3.94. The molecule has 2 aliphatic carbocycles. The molecular weight excluding hydrogens is 888 g/mol. The second-order valence-electron chi connectivity index (χ2n) is 20.2. The van der Waals surface area contributed by atoms with Crippen molar-refractivity contribution in [1.29, 1.82) is 5.26 Å². The van der Waals surface area contributed by atoms with Crippen LogP contribution in [0.2, 0.25) is 5.02 Å². The van der Waals surface area contributed by atoms with Crippen molar-refractivity contribution in [2.45, 2.75) is 117 Å². The SMILES string of the molecule is CN[C@@H](C)C(=O)NC(C(=O)N1CCC[C@H]1C(=O)N[C@H]1c2ccccc2C[C@H]1OCCOCCOCCOc1ccc(C(=O)N[C@H]2C(C)(C)[C@H](Oc3ccc(C#N)c(Cl)c3)C2(C)C)cc1)C(C)(C)C. The van der Waals surface area contributed by atoms with E-state index in [0.29, 0.717) is 93.1 Å². The number of hydrogen-bond donors (Lipinski definition) is 4. The lowest BCUT2D eigenvalue weighted by molar-refractivity contribution is -0.164. The van der Waals surface area contributed by atoms with E-state index in [1.165, 1.54) is 0 Å². The molecule has 1 saturated carbocycles. The molecule has 1 unspecified atom stereocenters. The lowest BCUT2D eigenvalue weighted by atomic mass is 9.49. The summed E-state index contributed by atoms with van der Waals surface area (Å²) in [6.45, 7) is 18.2. The molecule has 2 fully saturated rings. The molecule has 1 aliphatic heterocycles. The van der Waals surface area contributed by atoms with Crippen LogP contribution < -0.4 is 30.7 Å². The van der Waals surface area contributed by atoms with Crippen molar-refractivity contribution in [2.24, 2.45) is 16.2 Å². The molecule has 0 bridgehead atoms. The summed E-state index contributed by atoms with van der Waals surface area (Å²) in [4.78, 5) is 55.8. The Hall–Kier alpha value is -5.24. The summed E-state index contributed by atoms with van der Waals surface area (Å²) in [5, 5.41) is 21.8. The fourth-order valence-corrected chi connectivity index (χ4v) is 10.2. The number of halogens is 1. The van der Waals surface area contributed by atoms with Crippen LogP contribution in [0, 0.1) is 27.6 Å². The van der Waals surface area contributed by atoms with E-state index in [-0.39, 0.29) is 52.7 Å². The van der Waals surface area contributed by atoms with E-state index in [1.807, 2.05) is 45.0 Å². The van der Waals surface area contributed by atoms with Gasteiger partial charge in [-0.25, -0.2) is 0 Å². The Morgan fingerprint density at radius 2 is 1.53 bits per heavy atom. The minimum Gasteiger partial charge on any atom is -0.491 e. The maximum Gasteiger partial charge on any atom is 0.251 e. The predicted octanol–water partition coefficient (Wildman–Crippen LogP) is 6.16. The molecule has 3 aromatic rings. The fraction of sp³-hybridized carbons (Fsp3) is 0.558. The normalized spacial score (nSPS) is 22.2. The van der Waals surface area contributed by atoms with Gasteiger partial charge in [-0.3, -0.25) is 19.2 Å². The first-order chi connectivity index (χ1) is 32.3. The molecule has 0 radical (unpaired) electrons. The maximum atomic E-state index is 14.0. The van der Waals surface area contributed by atoms with E-state index < -0.39 is 29.6 Å². The molecule has 1 saturated heterocycles. The monoisotopic (exact) mass is 956 g/mol. The Morgan fingerprint density at radius 1 is 0.882 bits per heavy atom. The Morgan fingerprint density at radius 3 is 2.18 bits per heavy atom. The highest BCUT2D eigenvalue weighted by Crippen LogP contribution is 2.55. The van der Waals surface area contributed by atoms with Crippen LogP contribution in [0.4, 0.5) is 0 Å². The molecule has 1 heterocycles. The first-order valence-electron chi connectivity index (χ1n) is 23.6. The van der Waals surface area contributed by atoms with Gasteiger partial charge < -0.3 is 49.9 Å². The van der Waals surface area contributed by atoms with Crippen LogP contribution in [0.3, 0.4) is 0 Å². The topological polar surface area (TPSA) is 190 Å². The molecule has 15 nitrogen and oxygen atoms in total. The van der Waals surface area contributed by atoms with Crippen LogP contribution in [-0.2, 0) is 35.0 Å². The number of benzene rings is 3. The van der Waals surface area contributed by atoms with E-state index in [9.17, 15) is 24.4 Å². The smallest absolute Gasteiger partial charge is 0.251 e. The summed E-state index contributed by atoms with van der Waals surface area (Å²) in [5.41, 5.74) is 1.65. The highest BCUT2D eigenvalue weighted by Gasteiger charge is 2.64. The molecular formula is C52H69ClN6O9. The van der Waals surface area contributed by atoms with Gasteiger partial charge in [0.25, 0.3) is 5.91 Å². The van der Waals surface area contributed by atoms with Crippen LogP contribution in [0.15, 0.2) is 66.7 Å². The lowest BCUT2D eigenvalue weighted by Gasteiger charge is -2.63. The number of carbonyl (C=O) groups excluding carboxylic acids is 4. The minimum atomic E-state index is -0.797. The Labute approximate surface area is 406 Å². The molecule has 4 amide bonds. The van der Waals surface area contributed by atoms with Gasteiger partial charge in [-0.2, -0.15) is 5.26 Å². The van der Waals surface area contributed by atoms with Gasteiger partial charge in [-0.1, -0.05) is 84.3 Å². The van der Waals surface area contributed by atoms with Crippen molar-refractivity contribution in [3.05, 3.63) is 94.0 Å². The van der Waals surface area contributed by atoms with Gasteiger partial charge in [-0.15, -0.1) is 0 Å². The van der Waals surface area contributed by atoms with E-state index in [2.05, 4.69) is 55.0 Å². The molecule has 16 heteroatoms. The van der Waals surface area contributed by atoms with E-state index in [0.717, 1.165) is 11.1 Å². The van der Waals surface area contributed by atoms with Crippen molar-refractivity contribution < 1.29 is 42.9 Å². The standard InChI is InChI=1S/C52H69ClN6O9/c1-32(55-9)44(60)57-43(50(2,3)4)47(63)59-22-12-15-40(59)46(62)56-42-38-14-11-10-13-34(38)29-41(42)67-28-26-65-24-23-64-25-27-66-36-19-16-33(17-20-36)45(61)58-48-51(5,6)49(52(48,7)8)68-37-21-18-35(31-54)39(53)30-37/h10-11,13-14,16-21,30,32,40-43,48-49,55H,12,15,22-29H2,1-9H3,(H,56,62)(H,57,60)(H,58,61)/t32-,40-,41+,42-,43?,48-,49-/m0/s1. The number of nitrogens with one attached hydrogen (secondary N) is 4. The highest BCUT2D eigenvalue weighted by molar-refractivity contribution is 6.31. The third-order valence-electron chi connectivity index (χ3n) is 13.5. The van der Waals surface area contributed by atoms with Crippen LogP contribution in [0.5, 0.6) is 11.5 Å². The summed E-state index contributed by atoms with van der Waals surface area (Å²) in [6.07, 6.45) is 1.32. The molecule has 6 rings (SSSR count). The number of fused-ring (bicyclic) bond motifs is 1. The van der Waals surface area contributed by atoms with Gasteiger partial charge in [0, 0.05) is 41.5 Å². The van der Waals surface area contributed by atoms with E-state index in [4.69, 9.17) is 35.3 Å². The third kappa shape index (κ3) is 12.1. The van der Waals surface area contributed by atoms with E-state index in [1.54, 1.807) is 61.3 Å². The highest BCUT2D eigenvalue weighted by atomic mass is 35.5. The van der Waals surface area contributed by atoms with Crippen molar-refractivity contribution in [1.82, 2.24) is 26.2 Å². The van der Waals surface area contributed by atoms with Gasteiger partial charge in [0.15, 0.2) is 0 Å². The Kier molecular flexibility index (Phi) is 17.2. The number of hydrogen-bond acceptors (Lipinski definition) is 11. The molecule has 368 valence electrons. The van der Waals surface area contributed by atoms with Gasteiger partial charge in [0.05, 0.1) is 61.8 Å². The summed E-state index contributed by atoms with van der Waals surface area (Å²) < 4.78 is 30.0. The summed E-state index contributed by atoms with van der Waals surface area (Å²) in [7, 11) is 1.69.